The van der Waals surface area contributed by atoms with Crippen LogP contribution in [0, 0.1) is 0 Å². The minimum Gasteiger partial charge on any atom is -0.312 e. The van der Waals surface area contributed by atoms with Crippen molar-refractivity contribution in [2.75, 3.05) is 27.2 Å². The molecule has 0 spiro atoms. The average Bonchev–Trinajstić information content (AvgIpc) is 2.75. The second-order valence-corrected chi connectivity index (χ2v) is 6.48. The molecule has 110 valence electrons. The van der Waals surface area contributed by atoms with Gasteiger partial charge in [-0.15, -0.1) is 11.3 Å². The maximum absolute atomic E-state index is 4.82. The van der Waals surface area contributed by atoms with E-state index < -0.39 is 0 Å². The Bertz CT molecular complexity index is 347. The Hall–Kier alpha value is -0.450. The van der Waals surface area contributed by atoms with Crippen LogP contribution in [0.1, 0.15) is 48.7 Å². The minimum atomic E-state index is 0.995. The highest BCUT2D eigenvalue weighted by atomic mass is 32.1. The third-order valence-corrected chi connectivity index (χ3v) is 4.23. The van der Waals surface area contributed by atoms with Crippen molar-refractivity contribution in [1.29, 1.82) is 0 Å². The van der Waals surface area contributed by atoms with Gasteiger partial charge in [0.25, 0.3) is 0 Å². The molecule has 0 aliphatic rings. The molecular weight excluding hydrogens is 254 g/mol. The number of rotatable bonds is 10. The smallest absolute Gasteiger partial charge is 0.0944 e. The number of unbranched alkanes of at least 4 members (excludes halogenated alkanes) is 1. The van der Waals surface area contributed by atoms with E-state index in [1.165, 1.54) is 34.8 Å². The molecule has 0 bridgehead atoms. The Morgan fingerprint density at radius 1 is 1.16 bits per heavy atom. The molecule has 3 nitrogen and oxygen atoms in total. The van der Waals surface area contributed by atoms with Gasteiger partial charge in [-0.2, -0.15) is 0 Å². The van der Waals surface area contributed by atoms with Crippen molar-refractivity contribution >= 4 is 11.3 Å². The molecule has 1 N–H and O–H groups in total. The summed E-state index contributed by atoms with van der Waals surface area (Å²) >= 11 is 1.90. The van der Waals surface area contributed by atoms with Gasteiger partial charge < -0.3 is 10.2 Å². The number of nitrogens with one attached hydrogen (secondary N) is 1. The van der Waals surface area contributed by atoms with Gasteiger partial charge in [0.05, 0.1) is 10.7 Å². The van der Waals surface area contributed by atoms with Crippen LogP contribution in [0.15, 0.2) is 0 Å². The second-order valence-electron chi connectivity index (χ2n) is 5.31. The van der Waals surface area contributed by atoms with Crippen LogP contribution in [0.4, 0.5) is 0 Å². The number of hydrogen-bond acceptors (Lipinski definition) is 4. The predicted octanol–water partition coefficient (Wildman–Crippen LogP) is 3.09. The zero-order valence-corrected chi connectivity index (χ0v) is 13.8. The maximum Gasteiger partial charge on any atom is 0.0944 e. The third kappa shape index (κ3) is 6.50. The van der Waals surface area contributed by atoms with Crippen LogP contribution < -0.4 is 5.32 Å². The van der Waals surface area contributed by atoms with E-state index >= 15 is 0 Å². The van der Waals surface area contributed by atoms with Crippen LogP contribution in [0.5, 0.6) is 0 Å². The monoisotopic (exact) mass is 283 g/mol. The van der Waals surface area contributed by atoms with Crippen molar-refractivity contribution in [1.82, 2.24) is 15.2 Å². The summed E-state index contributed by atoms with van der Waals surface area (Å²) in [5.74, 6) is 0. The maximum atomic E-state index is 4.82. The summed E-state index contributed by atoms with van der Waals surface area (Å²) in [6, 6.07) is 0. The molecule has 1 rings (SSSR count). The molecule has 0 radical (unpaired) electrons. The first-order valence-electron chi connectivity index (χ1n) is 7.50. The zero-order valence-electron chi connectivity index (χ0n) is 13.0. The van der Waals surface area contributed by atoms with Gasteiger partial charge in [-0.25, -0.2) is 4.98 Å². The number of likely N-dealkylation sites (N-methyl/N-ethyl adjacent to an activating group) is 1. The van der Waals surface area contributed by atoms with Crippen molar-refractivity contribution in [3.8, 4) is 0 Å². The lowest BCUT2D eigenvalue weighted by molar-refractivity contribution is 0.413. The molecule has 0 fully saturated rings. The number of aryl methyl sites for hydroxylation is 1. The van der Waals surface area contributed by atoms with Gasteiger partial charge in [0.1, 0.15) is 0 Å². The molecule has 4 heteroatoms. The topological polar surface area (TPSA) is 28.2 Å². The minimum absolute atomic E-state index is 0.995. The van der Waals surface area contributed by atoms with E-state index in [9.17, 15) is 0 Å². The van der Waals surface area contributed by atoms with Gasteiger partial charge in [-0.1, -0.05) is 26.7 Å². The molecule has 0 aromatic carbocycles. The molecule has 0 unspecified atom stereocenters. The SMILES string of the molecule is CCCCNCc1sc(CCN(C)C)nc1CCC. The molecule has 0 aliphatic carbocycles. The molecular formula is C15H29N3S. The van der Waals surface area contributed by atoms with Crippen molar-refractivity contribution in [2.45, 2.75) is 52.5 Å². The van der Waals surface area contributed by atoms with Gasteiger partial charge in [0, 0.05) is 24.4 Å². The summed E-state index contributed by atoms with van der Waals surface area (Å²) < 4.78 is 0. The van der Waals surface area contributed by atoms with Crippen molar-refractivity contribution in [3.05, 3.63) is 15.6 Å². The number of nitrogens with zero attached hydrogens (tertiary/aromatic N) is 2. The van der Waals surface area contributed by atoms with Crippen LogP contribution in [0.2, 0.25) is 0 Å². The Kier molecular flexibility index (Phi) is 8.26. The molecule has 0 amide bonds. The van der Waals surface area contributed by atoms with E-state index in [1.54, 1.807) is 0 Å². The summed E-state index contributed by atoms with van der Waals surface area (Å²) in [5, 5.41) is 4.84. The van der Waals surface area contributed by atoms with Crippen molar-refractivity contribution < 1.29 is 0 Å². The van der Waals surface area contributed by atoms with E-state index in [0.29, 0.717) is 0 Å². The highest BCUT2D eigenvalue weighted by Crippen LogP contribution is 2.20. The molecule has 1 aromatic rings. The lowest BCUT2D eigenvalue weighted by Gasteiger charge is -2.06. The molecule has 0 aliphatic heterocycles. The van der Waals surface area contributed by atoms with E-state index in [2.05, 4.69) is 38.2 Å². The lowest BCUT2D eigenvalue weighted by atomic mass is 10.2. The Morgan fingerprint density at radius 3 is 2.58 bits per heavy atom. The normalized spacial score (nSPS) is 11.4. The summed E-state index contributed by atoms with van der Waals surface area (Å²) in [4.78, 5) is 8.50. The first kappa shape index (κ1) is 16.6. The van der Waals surface area contributed by atoms with Gasteiger partial charge in [-0.05, 0) is 33.5 Å². The number of aromatic nitrogens is 1. The fraction of sp³-hybridized carbons (Fsp3) is 0.800. The summed E-state index contributed by atoms with van der Waals surface area (Å²) in [5.41, 5.74) is 1.32. The molecule has 0 saturated heterocycles. The fourth-order valence-corrected chi connectivity index (χ4v) is 3.01. The van der Waals surface area contributed by atoms with Crippen LogP contribution >= 0.6 is 11.3 Å². The first-order valence-corrected chi connectivity index (χ1v) is 8.31. The van der Waals surface area contributed by atoms with E-state index in [4.69, 9.17) is 4.98 Å². The fourth-order valence-electron chi connectivity index (χ4n) is 1.94. The van der Waals surface area contributed by atoms with Gasteiger partial charge in [-0.3, -0.25) is 0 Å². The lowest BCUT2D eigenvalue weighted by Crippen LogP contribution is -2.14. The molecule has 0 saturated carbocycles. The highest BCUT2D eigenvalue weighted by molar-refractivity contribution is 7.11. The average molecular weight is 283 g/mol. The predicted molar refractivity (Wildman–Crippen MR) is 85.0 cm³/mol. The van der Waals surface area contributed by atoms with Crippen LogP contribution in [-0.4, -0.2) is 37.1 Å². The Balaban J connectivity index is 2.55. The molecule has 0 atom stereocenters. The Labute approximate surface area is 122 Å². The van der Waals surface area contributed by atoms with Crippen LogP contribution in [0.3, 0.4) is 0 Å². The summed E-state index contributed by atoms with van der Waals surface area (Å²) in [7, 11) is 4.24. The second kappa shape index (κ2) is 9.45. The van der Waals surface area contributed by atoms with Gasteiger partial charge in [0.2, 0.25) is 0 Å². The quantitative estimate of drug-likeness (QED) is 0.669. The molecule has 1 heterocycles. The highest BCUT2D eigenvalue weighted by Gasteiger charge is 2.10. The largest absolute Gasteiger partial charge is 0.312 e. The van der Waals surface area contributed by atoms with Crippen molar-refractivity contribution in [3.63, 3.8) is 0 Å². The molecule has 1 aromatic heterocycles. The third-order valence-electron chi connectivity index (χ3n) is 3.07. The number of thiazole rings is 1. The van der Waals surface area contributed by atoms with Gasteiger partial charge in [0.15, 0.2) is 0 Å². The van der Waals surface area contributed by atoms with Crippen LogP contribution in [-0.2, 0) is 19.4 Å². The van der Waals surface area contributed by atoms with Crippen LogP contribution in [0.25, 0.3) is 0 Å². The first-order chi connectivity index (χ1) is 9.17. The number of hydrogen-bond donors (Lipinski definition) is 1. The van der Waals surface area contributed by atoms with Gasteiger partial charge >= 0.3 is 0 Å². The van der Waals surface area contributed by atoms with Crippen molar-refractivity contribution in [2.24, 2.45) is 0 Å². The van der Waals surface area contributed by atoms with E-state index in [-0.39, 0.29) is 0 Å². The van der Waals surface area contributed by atoms with E-state index in [1.807, 2.05) is 11.3 Å². The standard InChI is InChI=1S/C15H29N3S/c1-5-7-10-16-12-14-13(8-6-2)17-15(19-14)9-11-18(3)4/h16H,5-12H2,1-4H3. The summed E-state index contributed by atoms with van der Waals surface area (Å²) in [6.07, 6.45) is 5.88. The zero-order chi connectivity index (χ0) is 14.1. The van der Waals surface area contributed by atoms with E-state index in [0.717, 1.165) is 32.5 Å². The summed E-state index contributed by atoms with van der Waals surface area (Å²) in [6.45, 7) is 7.66. The molecule has 19 heavy (non-hydrogen) atoms. The Morgan fingerprint density at radius 2 is 1.95 bits per heavy atom.